The van der Waals surface area contributed by atoms with Gasteiger partial charge >= 0.3 is 0 Å². The predicted octanol–water partition coefficient (Wildman–Crippen LogP) is 6.83. The Morgan fingerprint density at radius 3 is 2.89 bits per heavy atom. The van der Waals surface area contributed by atoms with Crippen molar-refractivity contribution in [3.8, 4) is 27.6 Å². The third kappa shape index (κ3) is 4.23. The zero-order chi connectivity index (χ0) is 19.0. The minimum atomic E-state index is -1.37. The molecule has 0 saturated heterocycles. The standard InChI is InChI=1S/C20H18ClFN2OS2/c1-20(2,22)27-24-14-4-5-15(16(21)10-14)17-11-26-19(23-17)13-3-6-18-12(9-13)7-8-25-18/h3-6,9-11,24H,7-8H2,1-2H3. The highest BCUT2D eigenvalue weighted by molar-refractivity contribution is 8.01. The lowest BCUT2D eigenvalue weighted by Gasteiger charge is -2.15. The van der Waals surface area contributed by atoms with Crippen LogP contribution in [0.15, 0.2) is 41.8 Å². The van der Waals surface area contributed by atoms with Crippen LogP contribution in [0.1, 0.15) is 19.4 Å². The van der Waals surface area contributed by atoms with E-state index in [1.165, 1.54) is 19.4 Å². The maximum atomic E-state index is 13.6. The van der Waals surface area contributed by atoms with E-state index in [2.05, 4.69) is 10.8 Å². The molecule has 0 bridgehead atoms. The predicted molar refractivity (Wildman–Crippen MR) is 114 cm³/mol. The zero-order valence-corrected chi connectivity index (χ0v) is 17.3. The average molecular weight is 421 g/mol. The summed E-state index contributed by atoms with van der Waals surface area (Å²) in [5, 5.41) is 2.17. The lowest BCUT2D eigenvalue weighted by atomic mass is 10.1. The molecule has 1 aliphatic rings. The van der Waals surface area contributed by atoms with Crippen molar-refractivity contribution in [2.75, 3.05) is 11.3 Å². The molecule has 1 aliphatic heterocycles. The summed E-state index contributed by atoms with van der Waals surface area (Å²) in [7, 11) is 0. The van der Waals surface area contributed by atoms with Crippen LogP contribution in [-0.4, -0.2) is 16.6 Å². The van der Waals surface area contributed by atoms with Crippen molar-refractivity contribution in [1.82, 2.24) is 4.98 Å². The molecule has 2 heterocycles. The van der Waals surface area contributed by atoms with Crippen LogP contribution in [0, 0.1) is 0 Å². The number of halogens is 2. The molecule has 0 spiro atoms. The Kier molecular flexibility index (Phi) is 5.05. The largest absolute Gasteiger partial charge is 0.493 e. The third-order valence-corrected chi connectivity index (χ3v) is 6.12. The van der Waals surface area contributed by atoms with Gasteiger partial charge in [-0.2, -0.15) is 0 Å². The van der Waals surface area contributed by atoms with Crippen molar-refractivity contribution < 1.29 is 9.13 Å². The van der Waals surface area contributed by atoms with E-state index in [4.69, 9.17) is 21.3 Å². The van der Waals surface area contributed by atoms with Gasteiger partial charge in [0.05, 0.1) is 17.3 Å². The lowest BCUT2D eigenvalue weighted by Crippen LogP contribution is -2.08. The highest BCUT2D eigenvalue weighted by atomic mass is 35.5. The Morgan fingerprint density at radius 2 is 2.11 bits per heavy atom. The van der Waals surface area contributed by atoms with E-state index in [1.54, 1.807) is 17.4 Å². The Balaban J connectivity index is 1.56. The highest BCUT2D eigenvalue weighted by Gasteiger charge is 2.17. The van der Waals surface area contributed by atoms with Crippen LogP contribution >= 0.6 is 34.9 Å². The van der Waals surface area contributed by atoms with Gasteiger partial charge in [-0.05, 0) is 67.8 Å². The number of rotatable bonds is 5. The summed E-state index contributed by atoms with van der Waals surface area (Å²) >= 11 is 9.05. The van der Waals surface area contributed by atoms with Crippen LogP contribution in [0.2, 0.25) is 5.02 Å². The molecular weight excluding hydrogens is 403 g/mol. The first-order valence-corrected chi connectivity index (χ1v) is 10.6. The molecule has 3 nitrogen and oxygen atoms in total. The van der Waals surface area contributed by atoms with Crippen molar-refractivity contribution in [2.45, 2.75) is 25.3 Å². The minimum Gasteiger partial charge on any atom is -0.493 e. The van der Waals surface area contributed by atoms with E-state index in [1.807, 2.05) is 29.6 Å². The van der Waals surface area contributed by atoms with E-state index >= 15 is 0 Å². The van der Waals surface area contributed by atoms with Gasteiger partial charge in [-0.1, -0.05) is 11.6 Å². The minimum absolute atomic E-state index is 0.580. The van der Waals surface area contributed by atoms with Gasteiger partial charge in [0.2, 0.25) is 0 Å². The first kappa shape index (κ1) is 18.6. The van der Waals surface area contributed by atoms with Crippen molar-refractivity contribution in [2.24, 2.45) is 0 Å². The topological polar surface area (TPSA) is 34.1 Å². The first-order valence-electron chi connectivity index (χ1n) is 8.53. The van der Waals surface area contributed by atoms with Crippen LogP contribution in [-0.2, 0) is 6.42 Å². The molecule has 0 aliphatic carbocycles. The summed E-state index contributed by atoms with van der Waals surface area (Å²) < 4.78 is 22.2. The van der Waals surface area contributed by atoms with Gasteiger partial charge in [0.15, 0.2) is 5.00 Å². The van der Waals surface area contributed by atoms with Crippen LogP contribution in [0.25, 0.3) is 21.8 Å². The molecule has 7 heteroatoms. The number of hydrogen-bond acceptors (Lipinski definition) is 5. The number of hydrogen-bond donors (Lipinski definition) is 1. The SMILES string of the molecule is CC(C)(F)SNc1ccc(-c2csc(-c3ccc4c(c3)CCO4)n2)c(Cl)c1. The van der Waals surface area contributed by atoms with E-state index in [9.17, 15) is 4.39 Å². The van der Waals surface area contributed by atoms with Gasteiger partial charge in [0.1, 0.15) is 10.8 Å². The molecule has 0 fully saturated rings. The molecule has 140 valence electrons. The number of anilines is 1. The second-order valence-electron chi connectivity index (χ2n) is 6.72. The Morgan fingerprint density at radius 1 is 1.26 bits per heavy atom. The molecular formula is C20H18ClFN2OS2. The maximum absolute atomic E-state index is 13.6. The van der Waals surface area contributed by atoms with Crippen molar-refractivity contribution in [3.63, 3.8) is 0 Å². The number of benzene rings is 2. The van der Waals surface area contributed by atoms with Gasteiger partial charge in [-0.25, -0.2) is 9.37 Å². The van der Waals surface area contributed by atoms with Crippen molar-refractivity contribution in [3.05, 3.63) is 52.4 Å². The zero-order valence-electron chi connectivity index (χ0n) is 14.9. The number of thiazole rings is 1. The fourth-order valence-corrected chi connectivity index (χ4v) is 4.40. The molecule has 3 aromatic rings. The molecule has 0 radical (unpaired) electrons. The monoisotopic (exact) mass is 420 g/mol. The molecule has 27 heavy (non-hydrogen) atoms. The molecule has 1 aromatic heterocycles. The summed E-state index contributed by atoms with van der Waals surface area (Å²) in [6, 6.07) is 11.8. The summed E-state index contributed by atoms with van der Waals surface area (Å²) in [6.07, 6.45) is 0.940. The number of fused-ring (bicyclic) bond motifs is 1. The van der Waals surface area contributed by atoms with Gasteiger partial charge in [0.25, 0.3) is 0 Å². The number of alkyl halides is 1. The number of nitrogens with one attached hydrogen (secondary N) is 1. The van der Waals surface area contributed by atoms with Crippen molar-refractivity contribution in [1.29, 1.82) is 0 Å². The van der Waals surface area contributed by atoms with Gasteiger partial charge in [0, 0.05) is 28.6 Å². The number of ether oxygens (including phenoxy) is 1. The van der Waals surface area contributed by atoms with E-state index < -0.39 is 5.00 Å². The van der Waals surface area contributed by atoms with E-state index in [-0.39, 0.29) is 0 Å². The number of aromatic nitrogens is 1. The van der Waals surface area contributed by atoms with Crippen LogP contribution in [0.4, 0.5) is 10.1 Å². The average Bonchev–Trinajstić information content (AvgIpc) is 3.28. The Hall–Kier alpha value is -1.76. The summed E-state index contributed by atoms with van der Waals surface area (Å²) in [6.45, 7) is 3.75. The van der Waals surface area contributed by atoms with Gasteiger partial charge < -0.3 is 9.46 Å². The Labute approximate surface area is 171 Å². The molecule has 4 rings (SSSR count). The molecule has 0 unspecified atom stereocenters. The smallest absolute Gasteiger partial charge is 0.169 e. The summed E-state index contributed by atoms with van der Waals surface area (Å²) in [5.41, 5.74) is 4.77. The van der Waals surface area contributed by atoms with Gasteiger partial charge in [-0.3, -0.25) is 0 Å². The highest BCUT2D eigenvalue weighted by Crippen LogP contribution is 2.37. The summed E-state index contributed by atoms with van der Waals surface area (Å²) in [5.74, 6) is 0.969. The fourth-order valence-electron chi connectivity index (χ4n) is 2.82. The molecule has 0 amide bonds. The number of nitrogens with zero attached hydrogens (tertiary/aromatic N) is 1. The van der Waals surface area contributed by atoms with Crippen LogP contribution in [0.3, 0.4) is 0 Å². The quantitative estimate of drug-likeness (QED) is 0.458. The van der Waals surface area contributed by atoms with E-state index in [0.29, 0.717) is 5.02 Å². The summed E-state index contributed by atoms with van der Waals surface area (Å²) in [4.78, 5) is 4.76. The molecule has 1 N–H and O–H groups in total. The lowest BCUT2D eigenvalue weighted by molar-refractivity contribution is 0.347. The third-order valence-electron chi connectivity index (χ3n) is 4.10. The van der Waals surface area contributed by atoms with Crippen molar-refractivity contribution >= 4 is 40.6 Å². The molecule has 2 aromatic carbocycles. The second kappa shape index (κ2) is 7.34. The van der Waals surface area contributed by atoms with E-state index in [0.717, 1.165) is 58.2 Å². The normalized spacial score (nSPS) is 13.3. The second-order valence-corrected chi connectivity index (χ2v) is 9.37. The van der Waals surface area contributed by atoms with Gasteiger partial charge in [-0.15, -0.1) is 11.3 Å². The first-order chi connectivity index (χ1) is 12.9. The molecule has 0 atom stereocenters. The van der Waals surface area contributed by atoms with Crippen LogP contribution in [0.5, 0.6) is 5.75 Å². The maximum Gasteiger partial charge on any atom is 0.169 e. The Bertz CT molecular complexity index is 984. The molecule has 0 saturated carbocycles. The fraction of sp³-hybridized carbons (Fsp3) is 0.250. The van der Waals surface area contributed by atoms with Crippen LogP contribution < -0.4 is 9.46 Å².